The molecule has 0 unspecified atom stereocenters. The number of allylic oxidation sites excluding steroid dienone is 1. The summed E-state index contributed by atoms with van der Waals surface area (Å²) in [6, 6.07) is 17.1. The maximum Gasteiger partial charge on any atom is 0.119 e. The molecule has 0 amide bonds. The fourth-order valence-corrected chi connectivity index (χ4v) is 2.41. The van der Waals surface area contributed by atoms with Crippen LogP contribution in [0.5, 0.6) is 5.75 Å². The number of rotatable bonds is 9. The standard InChI is InChI=1S/C22H28O/c1-3-5-7-9-20-10-12-21(13-11-20)18-23-22-16-14-19(15-17-22)8-6-4-2/h7,9-17H,3-6,8,18H2,1-2H3. The summed E-state index contributed by atoms with van der Waals surface area (Å²) in [4.78, 5) is 0. The Morgan fingerprint density at radius 2 is 1.52 bits per heavy atom. The van der Waals surface area contributed by atoms with Crippen LogP contribution in [0.4, 0.5) is 0 Å². The summed E-state index contributed by atoms with van der Waals surface area (Å²) in [5.41, 5.74) is 3.84. The third kappa shape index (κ3) is 6.32. The number of hydrogen-bond donors (Lipinski definition) is 0. The third-order valence-electron chi connectivity index (χ3n) is 3.89. The normalized spacial score (nSPS) is 11.0. The zero-order valence-corrected chi connectivity index (χ0v) is 14.4. The zero-order valence-electron chi connectivity index (χ0n) is 14.4. The van der Waals surface area contributed by atoms with Gasteiger partial charge in [0, 0.05) is 0 Å². The highest BCUT2D eigenvalue weighted by molar-refractivity contribution is 5.49. The van der Waals surface area contributed by atoms with E-state index in [1.165, 1.54) is 36.0 Å². The molecule has 2 aromatic rings. The summed E-state index contributed by atoms with van der Waals surface area (Å²) in [6.45, 7) is 5.04. The first-order chi connectivity index (χ1) is 11.3. The highest BCUT2D eigenvalue weighted by Gasteiger charge is 1.98. The predicted molar refractivity (Wildman–Crippen MR) is 99.8 cm³/mol. The largest absolute Gasteiger partial charge is 0.489 e. The first-order valence-corrected chi connectivity index (χ1v) is 8.79. The quantitative estimate of drug-likeness (QED) is 0.519. The summed E-state index contributed by atoms with van der Waals surface area (Å²) in [7, 11) is 0. The summed E-state index contributed by atoms with van der Waals surface area (Å²) < 4.78 is 5.87. The number of ether oxygens (including phenoxy) is 1. The molecule has 2 aromatic carbocycles. The average Bonchev–Trinajstić information content (AvgIpc) is 2.60. The Morgan fingerprint density at radius 1 is 0.826 bits per heavy atom. The summed E-state index contributed by atoms with van der Waals surface area (Å²) in [6.07, 6.45) is 10.4. The van der Waals surface area contributed by atoms with Gasteiger partial charge >= 0.3 is 0 Å². The third-order valence-corrected chi connectivity index (χ3v) is 3.89. The molecular weight excluding hydrogens is 280 g/mol. The number of aryl methyl sites for hydroxylation is 1. The van der Waals surface area contributed by atoms with Gasteiger partial charge in [-0.3, -0.25) is 0 Å². The molecule has 0 atom stereocenters. The fourth-order valence-electron chi connectivity index (χ4n) is 2.41. The van der Waals surface area contributed by atoms with Gasteiger partial charge in [0.2, 0.25) is 0 Å². The molecule has 0 radical (unpaired) electrons. The molecule has 1 nitrogen and oxygen atoms in total. The van der Waals surface area contributed by atoms with Gasteiger partial charge in [-0.15, -0.1) is 0 Å². The number of unbranched alkanes of at least 4 members (excludes halogenated alkanes) is 2. The molecule has 0 aliphatic heterocycles. The molecule has 0 heterocycles. The molecule has 122 valence electrons. The van der Waals surface area contributed by atoms with E-state index < -0.39 is 0 Å². The molecule has 0 aromatic heterocycles. The minimum Gasteiger partial charge on any atom is -0.489 e. The van der Waals surface area contributed by atoms with Gasteiger partial charge in [0.1, 0.15) is 12.4 Å². The van der Waals surface area contributed by atoms with Crippen molar-refractivity contribution in [3.8, 4) is 5.75 Å². The van der Waals surface area contributed by atoms with Gasteiger partial charge < -0.3 is 4.74 Å². The van der Waals surface area contributed by atoms with Gasteiger partial charge in [0.05, 0.1) is 0 Å². The van der Waals surface area contributed by atoms with E-state index in [4.69, 9.17) is 4.74 Å². The molecule has 0 saturated heterocycles. The second-order valence-electron chi connectivity index (χ2n) is 5.97. The van der Waals surface area contributed by atoms with Crippen LogP contribution in [0, 0.1) is 0 Å². The van der Waals surface area contributed by atoms with Crippen LogP contribution in [0.25, 0.3) is 6.08 Å². The van der Waals surface area contributed by atoms with Gasteiger partial charge in [0.25, 0.3) is 0 Å². The van der Waals surface area contributed by atoms with E-state index in [0.717, 1.165) is 18.6 Å². The average molecular weight is 308 g/mol. The number of benzene rings is 2. The van der Waals surface area contributed by atoms with Crippen molar-refractivity contribution in [2.24, 2.45) is 0 Å². The fraction of sp³-hybridized carbons (Fsp3) is 0.364. The van der Waals surface area contributed by atoms with Crippen molar-refractivity contribution in [3.63, 3.8) is 0 Å². The van der Waals surface area contributed by atoms with Crippen molar-refractivity contribution in [2.75, 3.05) is 0 Å². The molecule has 0 aliphatic rings. The Morgan fingerprint density at radius 3 is 2.17 bits per heavy atom. The van der Waals surface area contributed by atoms with E-state index in [9.17, 15) is 0 Å². The lowest BCUT2D eigenvalue weighted by Gasteiger charge is -2.08. The minimum absolute atomic E-state index is 0.618. The van der Waals surface area contributed by atoms with E-state index in [0.29, 0.717) is 6.61 Å². The number of hydrogen-bond acceptors (Lipinski definition) is 1. The SMILES string of the molecule is CCCC=Cc1ccc(COc2ccc(CCCC)cc2)cc1. The van der Waals surface area contributed by atoms with Gasteiger partial charge in [-0.05, 0) is 48.1 Å². The summed E-state index contributed by atoms with van der Waals surface area (Å²) >= 11 is 0. The molecule has 0 aliphatic carbocycles. The van der Waals surface area contributed by atoms with Crippen molar-refractivity contribution in [1.29, 1.82) is 0 Å². The van der Waals surface area contributed by atoms with E-state index in [-0.39, 0.29) is 0 Å². The van der Waals surface area contributed by atoms with Crippen LogP contribution in [-0.4, -0.2) is 0 Å². The second kappa shape index (κ2) is 9.89. The van der Waals surface area contributed by atoms with Crippen LogP contribution in [-0.2, 0) is 13.0 Å². The van der Waals surface area contributed by atoms with E-state index >= 15 is 0 Å². The summed E-state index contributed by atoms with van der Waals surface area (Å²) in [5, 5.41) is 0. The molecule has 0 saturated carbocycles. The van der Waals surface area contributed by atoms with Crippen LogP contribution in [0.3, 0.4) is 0 Å². The van der Waals surface area contributed by atoms with E-state index in [2.05, 4.69) is 74.5 Å². The van der Waals surface area contributed by atoms with Crippen molar-refractivity contribution in [2.45, 2.75) is 52.6 Å². The first-order valence-electron chi connectivity index (χ1n) is 8.79. The first kappa shape index (κ1) is 17.3. The Hall–Kier alpha value is -2.02. The molecule has 0 bridgehead atoms. The highest BCUT2D eigenvalue weighted by atomic mass is 16.5. The molecule has 0 spiro atoms. The second-order valence-corrected chi connectivity index (χ2v) is 5.97. The van der Waals surface area contributed by atoms with E-state index in [1.807, 2.05) is 0 Å². The lowest BCUT2D eigenvalue weighted by atomic mass is 10.1. The molecule has 2 rings (SSSR count). The Balaban J connectivity index is 1.83. The molecule has 0 N–H and O–H groups in total. The van der Waals surface area contributed by atoms with Crippen LogP contribution < -0.4 is 4.74 Å². The van der Waals surface area contributed by atoms with Crippen LogP contribution >= 0.6 is 0 Å². The predicted octanol–water partition coefficient (Wildman–Crippen LogP) is 6.42. The molecule has 23 heavy (non-hydrogen) atoms. The Labute approximate surface area is 141 Å². The molecule has 1 heteroatoms. The lowest BCUT2D eigenvalue weighted by molar-refractivity contribution is 0.306. The summed E-state index contributed by atoms with van der Waals surface area (Å²) in [5.74, 6) is 0.942. The van der Waals surface area contributed by atoms with E-state index in [1.54, 1.807) is 0 Å². The lowest BCUT2D eigenvalue weighted by Crippen LogP contribution is -1.95. The zero-order chi connectivity index (χ0) is 16.3. The monoisotopic (exact) mass is 308 g/mol. The minimum atomic E-state index is 0.618. The maximum absolute atomic E-state index is 5.87. The molecular formula is C22H28O. The van der Waals surface area contributed by atoms with Gasteiger partial charge in [-0.1, -0.05) is 75.2 Å². The van der Waals surface area contributed by atoms with Crippen molar-refractivity contribution in [3.05, 3.63) is 71.3 Å². The van der Waals surface area contributed by atoms with Gasteiger partial charge in [0.15, 0.2) is 0 Å². The highest BCUT2D eigenvalue weighted by Crippen LogP contribution is 2.16. The Bertz CT molecular complexity index is 578. The van der Waals surface area contributed by atoms with Gasteiger partial charge in [-0.25, -0.2) is 0 Å². The smallest absolute Gasteiger partial charge is 0.119 e. The maximum atomic E-state index is 5.87. The van der Waals surface area contributed by atoms with Gasteiger partial charge in [-0.2, -0.15) is 0 Å². The van der Waals surface area contributed by atoms with Crippen LogP contribution in [0.2, 0.25) is 0 Å². The topological polar surface area (TPSA) is 9.23 Å². The van der Waals surface area contributed by atoms with Crippen molar-refractivity contribution in [1.82, 2.24) is 0 Å². The molecule has 0 fully saturated rings. The van der Waals surface area contributed by atoms with Crippen molar-refractivity contribution < 1.29 is 4.74 Å². The van der Waals surface area contributed by atoms with Crippen LogP contribution in [0.15, 0.2) is 54.6 Å². The Kier molecular flexibility index (Phi) is 7.45. The van der Waals surface area contributed by atoms with Crippen molar-refractivity contribution >= 4 is 6.08 Å². The van der Waals surface area contributed by atoms with Crippen LogP contribution in [0.1, 0.15) is 56.2 Å².